The van der Waals surface area contributed by atoms with E-state index in [1.807, 2.05) is 0 Å². The van der Waals surface area contributed by atoms with Gasteiger partial charge in [-0.1, -0.05) is 0 Å². The molecule has 7 nitrogen and oxygen atoms in total. The van der Waals surface area contributed by atoms with E-state index >= 15 is 0 Å². The first-order chi connectivity index (χ1) is 1.73. The van der Waals surface area contributed by atoms with Crippen LogP contribution >= 0.6 is 0 Å². The Morgan fingerprint density at radius 2 is 1.25 bits per heavy atom. The van der Waals surface area contributed by atoms with E-state index in [-0.39, 0.29) is 52.0 Å². The second-order valence-electron chi connectivity index (χ2n) is 0.238. The van der Waals surface area contributed by atoms with Gasteiger partial charge in [0.1, 0.15) is 0 Å². The molecule has 7 N–H and O–H groups in total. The fraction of sp³-hybridized carbons (Fsp3) is 0. The van der Waals surface area contributed by atoms with E-state index in [1.54, 1.807) is 0 Å². The van der Waals surface area contributed by atoms with Crippen molar-refractivity contribution in [3.8, 4) is 0 Å². The van der Waals surface area contributed by atoms with Gasteiger partial charge in [0.25, 0.3) is 5.09 Å². The molecule has 0 aliphatic carbocycles. The van der Waals surface area contributed by atoms with E-state index < -0.39 is 5.09 Å². The maximum absolute atomic E-state index is 8.36. The van der Waals surface area contributed by atoms with E-state index in [4.69, 9.17) is 15.3 Å². The molecule has 0 amide bonds. The molecule has 0 atom stereocenters. The smallest absolute Gasteiger partial charge is 0.291 e. The van der Waals surface area contributed by atoms with Crippen LogP contribution in [0.15, 0.2) is 0 Å². The van der Waals surface area contributed by atoms with Gasteiger partial charge in [0.05, 0.1) is 0 Å². The number of hydrogen-bond acceptors (Lipinski definition) is 2. The van der Waals surface area contributed by atoms with Gasteiger partial charge >= 0.3 is 0 Å². The summed E-state index contributed by atoms with van der Waals surface area (Å²) in [5.41, 5.74) is 0. The standard InChI is InChI=1S/La.HNO3.3H2O/c;2-1(3)4;;;/h;(H,2,3,4);3*1H2. The average molecular weight is 256 g/mol. The van der Waals surface area contributed by atoms with Crippen LogP contribution < -0.4 is 0 Å². The number of nitrogens with zero attached hydrogens (tertiary/aromatic N) is 1. The number of rotatable bonds is 0. The van der Waals surface area contributed by atoms with Gasteiger partial charge < -0.3 is 21.6 Å². The Morgan fingerprint density at radius 3 is 1.25 bits per heavy atom. The third-order valence-corrected chi connectivity index (χ3v) is 0. The van der Waals surface area contributed by atoms with Crippen molar-refractivity contribution in [2.45, 2.75) is 0 Å². The third kappa shape index (κ3) is 2310. The van der Waals surface area contributed by atoms with E-state index in [9.17, 15) is 0 Å². The van der Waals surface area contributed by atoms with Crippen LogP contribution in [0.5, 0.6) is 0 Å². The van der Waals surface area contributed by atoms with Crippen LogP contribution in [0.2, 0.25) is 0 Å². The van der Waals surface area contributed by atoms with Crippen molar-refractivity contribution in [1.82, 2.24) is 0 Å². The molecule has 8 heteroatoms. The minimum atomic E-state index is -1.50. The first kappa shape index (κ1) is 40.8. The van der Waals surface area contributed by atoms with Crippen molar-refractivity contribution in [3.05, 3.63) is 10.1 Å². The Balaban J connectivity index is -0.00000000750. The predicted octanol–water partition coefficient (Wildman–Crippen LogP) is -2.82. The molecular formula is H7LaNO6. The molecule has 0 aromatic carbocycles. The van der Waals surface area contributed by atoms with Crippen LogP contribution in [0.3, 0.4) is 0 Å². The molecule has 0 rings (SSSR count). The molecule has 1 radical (unpaired) electrons. The Kier molecular flexibility index (Phi) is 136. The summed E-state index contributed by atoms with van der Waals surface area (Å²) in [6, 6.07) is 0. The minimum Gasteiger partial charge on any atom is -0.412 e. The second-order valence-corrected chi connectivity index (χ2v) is 0.238. The van der Waals surface area contributed by atoms with E-state index in [2.05, 4.69) is 0 Å². The Hall–Kier alpha value is 0.275. The van der Waals surface area contributed by atoms with E-state index in [1.165, 1.54) is 0 Å². The SMILES string of the molecule is O.O.O.O=[N+]([O-])O.[La]. The average Bonchev–Trinajstić information content (AvgIpc) is 0.811. The normalized spacial score (nSPS) is 3.00. The second kappa shape index (κ2) is 26.7. The van der Waals surface area contributed by atoms with Gasteiger partial charge in [-0.3, -0.25) is 0 Å². The summed E-state index contributed by atoms with van der Waals surface area (Å²) in [5.74, 6) is 0. The first-order valence-electron chi connectivity index (χ1n) is 0.565. The quantitative estimate of drug-likeness (QED) is 0.366. The predicted molar refractivity (Wildman–Crippen MR) is 19.6 cm³/mol. The van der Waals surface area contributed by atoms with Crippen LogP contribution in [0.4, 0.5) is 0 Å². The number of hydrogen-bond donors (Lipinski definition) is 1. The van der Waals surface area contributed by atoms with Gasteiger partial charge in [-0.15, -0.1) is 10.1 Å². The molecule has 0 saturated heterocycles. The van der Waals surface area contributed by atoms with Gasteiger partial charge in [0.15, 0.2) is 0 Å². The Morgan fingerprint density at radius 1 is 1.25 bits per heavy atom. The summed E-state index contributed by atoms with van der Waals surface area (Å²) in [7, 11) is 0. The largest absolute Gasteiger partial charge is 0.412 e. The molecule has 8 heavy (non-hydrogen) atoms. The molecule has 0 aliphatic heterocycles. The molecule has 0 heterocycles. The molecule has 0 spiro atoms. The molecule has 51 valence electrons. The van der Waals surface area contributed by atoms with E-state index in [0.29, 0.717) is 0 Å². The zero-order valence-corrected chi connectivity index (χ0v) is 7.41. The first-order valence-corrected chi connectivity index (χ1v) is 0.565. The Bertz CT molecular complexity index is 31.5. The topological polar surface area (TPSA) is 158 Å². The summed E-state index contributed by atoms with van der Waals surface area (Å²) in [4.78, 5) is 8.36. The molecule has 0 aromatic rings. The van der Waals surface area contributed by atoms with Crippen molar-refractivity contribution in [3.63, 3.8) is 0 Å². The molecular weight excluding hydrogens is 249 g/mol. The summed E-state index contributed by atoms with van der Waals surface area (Å²) in [6.07, 6.45) is 0. The van der Waals surface area contributed by atoms with Crippen LogP contribution in [0, 0.1) is 45.7 Å². The van der Waals surface area contributed by atoms with Gasteiger partial charge in [-0.05, 0) is 0 Å². The monoisotopic (exact) mass is 256 g/mol. The van der Waals surface area contributed by atoms with Crippen LogP contribution in [0.25, 0.3) is 0 Å². The van der Waals surface area contributed by atoms with Gasteiger partial charge in [-0.25, -0.2) is 0 Å². The summed E-state index contributed by atoms with van der Waals surface area (Å²) in [5, 5.41) is 13.6. The third-order valence-electron chi connectivity index (χ3n) is 0. The molecule has 0 bridgehead atoms. The summed E-state index contributed by atoms with van der Waals surface area (Å²) in [6.45, 7) is 0. The van der Waals surface area contributed by atoms with Crippen LogP contribution in [-0.4, -0.2) is 26.7 Å². The van der Waals surface area contributed by atoms with E-state index in [0.717, 1.165) is 0 Å². The van der Waals surface area contributed by atoms with Crippen molar-refractivity contribution in [2.24, 2.45) is 0 Å². The molecule has 0 unspecified atom stereocenters. The zero-order chi connectivity index (χ0) is 3.58. The summed E-state index contributed by atoms with van der Waals surface area (Å²) < 4.78 is 0. The maximum atomic E-state index is 8.36. The summed E-state index contributed by atoms with van der Waals surface area (Å²) >= 11 is 0. The zero-order valence-electron chi connectivity index (χ0n) is 3.79. The van der Waals surface area contributed by atoms with Gasteiger partial charge in [0, 0.05) is 35.6 Å². The van der Waals surface area contributed by atoms with Crippen molar-refractivity contribution < 1.29 is 62.3 Å². The molecule has 0 fully saturated rings. The maximum Gasteiger partial charge on any atom is 0.291 e. The fourth-order valence-corrected chi connectivity index (χ4v) is 0. The van der Waals surface area contributed by atoms with Crippen molar-refractivity contribution >= 4 is 0 Å². The molecule has 0 saturated carbocycles. The van der Waals surface area contributed by atoms with Gasteiger partial charge in [0.2, 0.25) is 0 Å². The van der Waals surface area contributed by atoms with Crippen LogP contribution in [0.1, 0.15) is 0 Å². The van der Waals surface area contributed by atoms with Crippen molar-refractivity contribution in [2.75, 3.05) is 0 Å². The van der Waals surface area contributed by atoms with Crippen molar-refractivity contribution in [1.29, 1.82) is 0 Å². The van der Waals surface area contributed by atoms with Gasteiger partial charge in [-0.2, -0.15) is 0 Å². The fourth-order valence-electron chi connectivity index (χ4n) is 0. The molecule has 0 aromatic heterocycles. The minimum absolute atomic E-state index is 0. The Labute approximate surface area is 72.3 Å². The van der Waals surface area contributed by atoms with Crippen LogP contribution in [-0.2, 0) is 0 Å². The molecule has 0 aliphatic rings.